The van der Waals surface area contributed by atoms with Crippen LogP contribution in [0.5, 0.6) is 0 Å². The maximum atomic E-state index is 5.41. The SMILES string of the molecule is CCNC(CCC(C)OC)COCC. The summed E-state index contributed by atoms with van der Waals surface area (Å²) in [4.78, 5) is 0. The van der Waals surface area contributed by atoms with Crippen LogP contribution in [0.2, 0.25) is 0 Å². The van der Waals surface area contributed by atoms with Crippen molar-refractivity contribution in [1.82, 2.24) is 5.32 Å². The summed E-state index contributed by atoms with van der Waals surface area (Å²) in [6, 6.07) is 0.470. The van der Waals surface area contributed by atoms with E-state index >= 15 is 0 Å². The van der Waals surface area contributed by atoms with Crippen LogP contribution in [0.25, 0.3) is 0 Å². The first-order valence-electron chi connectivity index (χ1n) is 5.58. The van der Waals surface area contributed by atoms with Gasteiger partial charge in [-0.3, -0.25) is 0 Å². The Bertz CT molecular complexity index is 120. The lowest BCUT2D eigenvalue weighted by Crippen LogP contribution is -2.34. The van der Waals surface area contributed by atoms with Gasteiger partial charge in [-0.1, -0.05) is 6.92 Å². The Morgan fingerprint density at radius 3 is 2.43 bits per heavy atom. The number of likely N-dealkylation sites (N-methyl/N-ethyl adjacent to an activating group) is 1. The van der Waals surface area contributed by atoms with E-state index in [0.717, 1.165) is 32.6 Å². The van der Waals surface area contributed by atoms with Crippen molar-refractivity contribution in [1.29, 1.82) is 0 Å². The molecule has 3 nitrogen and oxygen atoms in total. The smallest absolute Gasteiger partial charge is 0.0619 e. The Hall–Kier alpha value is -0.120. The lowest BCUT2D eigenvalue weighted by atomic mass is 10.1. The summed E-state index contributed by atoms with van der Waals surface area (Å²) in [7, 11) is 1.76. The van der Waals surface area contributed by atoms with Gasteiger partial charge < -0.3 is 14.8 Å². The van der Waals surface area contributed by atoms with Crippen LogP contribution < -0.4 is 5.32 Å². The van der Waals surface area contributed by atoms with Crippen molar-refractivity contribution in [2.45, 2.75) is 45.8 Å². The highest BCUT2D eigenvalue weighted by Gasteiger charge is 2.09. The van der Waals surface area contributed by atoms with Crippen molar-refractivity contribution >= 4 is 0 Å². The fourth-order valence-electron chi connectivity index (χ4n) is 1.35. The highest BCUT2D eigenvalue weighted by Crippen LogP contribution is 2.04. The number of rotatable bonds is 9. The van der Waals surface area contributed by atoms with Gasteiger partial charge >= 0.3 is 0 Å². The van der Waals surface area contributed by atoms with E-state index in [-0.39, 0.29) is 0 Å². The molecule has 2 unspecified atom stereocenters. The zero-order chi connectivity index (χ0) is 10.8. The van der Waals surface area contributed by atoms with Crippen molar-refractivity contribution in [2.24, 2.45) is 0 Å². The van der Waals surface area contributed by atoms with Crippen molar-refractivity contribution in [3.63, 3.8) is 0 Å². The zero-order valence-corrected chi connectivity index (χ0v) is 10.0. The molecule has 0 aromatic carbocycles. The van der Waals surface area contributed by atoms with E-state index in [1.165, 1.54) is 0 Å². The van der Waals surface area contributed by atoms with Crippen LogP contribution in [-0.4, -0.2) is 39.0 Å². The van der Waals surface area contributed by atoms with Crippen LogP contribution in [0.15, 0.2) is 0 Å². The minimum Gasteiger partial charge on any atom is -0.382 e. The first kappa shape index (κ1) is 13.9. The Morgan fingerprint density at radius 1 is 1.21 bits per heavy atom. The average molecular weight is 203 g/mol. The van der Waals surface area contributed by atoms with Gasteiger partial charge in [0.2, 0.25) is 0 Å². The number of methoxy groups -OCH3 is 1. The second kappa shape index (κ2) is 9.44. The molecule has 0 radical (unpaired) electrons. The van der Waals surface area contributed by atoms with Crippen LogP contribution in [-0.2, 0) is 9.47 Å². The molecule has 86 valence electrons. The van der Waals surface area contributed by atoms with E-state index in [9.17, 15) is 0 Å². The van der Waals surface area contributed by atoms with E-state index in [1.54, 1.807) is 7.11 Å². The summed E-state index contributed by atoms with van der Waals surface area (Å²) < 4.78 is 10.6. The minimum atomic E-state index is 0.345. The molecule has 0 fully saturated rings. The fraction of sp³-hybridized carbons (Fsp3) is 1.00. The van der Waals surface area contributed by atoms with Crippen LogP contribution >= 0.6 is 0 Å². The van der Waals surface area contributed by atoms with Gasteiger partial charge in [0.1, 0.15) is 0 Å². The Balaban J connectivity index is 3.60. The van der Waals surface area contributed by atoms with Gasteiger partial charge in [0, 0.05) is 19.8 Å². The number of ether oxygens (including phenoxy) is 2. The number of hydrogen-bond donors (Lipinski definition) is 1. The van der Waals surface area contributed by atoms with Gasteiger partial charge in [0.05, 0.1) is 12.7 Å². The number of hydrogen-bond acceptors (Lipinski definition) is 3. The Labute approximate surface area is 88.2 Å². The van der Waals surface area contributed by atoms with Gasteiger partial charge in [0.25, 0.3) is 0 Å². The molecule has 0 bridgehead atoms. The maximum absolute atomic E-state index is 5.41. The molecule has 0 aromatic rings. The summed E-state index contributed by atoms with van der Waals surface area (Å²) in [6.07, 6.45) is 2.54. The Kier molecular flexibility index (Phi) is 9.35. The first-order valence-corrected chi connectivity index (χ1v) is 5.58. The van der Waals surface area contributed by atoms with E-state index < -0.39 is 0 Å². The van der Waals surface area contributed by atoms with Crippen LogP contribution in [0.1, 0.15) is 33.6 Å². The summed E-state index contributed by atoms with van der Waals surface area (Å²) in [6.45, 7) is 8.85. The molecule has 0 amide bonds. The largest absolute Gasteiger partial charge is 0.382 e. The highest BCUT2D eigenvalue weighted by molar-refractivity contribution is 4.67. The van der Waals surface area contributed by atoms with E-state index in [4.69, 9.17) is 9.47 Å². The van der Waals surface area contributed by atoms with E-state index in [1.807, 2.05) is 6.92 Å². The molecule has 0 aliphatic carbocycles. The first-order chi connectivity index (χ1) is 6.74. The molecule has 1 N–H and O–H groups in total. The highest BCUT2D eigenvalue weighted by atomic mass is 16.5. The van der Waals surface area contributed by atoms with Crippen molar-refractivity contribution in [3.05, 3.63) is 0 Å². The van der Waals surface area contributed by atoms with Crippen molar-refractivity contribution < 1.29 is 9.47 Å². The van der Waals surface area contributed by atoms with Gasteiger partial charge in [0.15, 0.2) is 0 Å². The third kappa shape index (κ3) is 7.30. The topological polar surface area (TPSA) is 30.5 Å². The molecular formula is C11H25NO2. The second-order valence-electron chi connectivity index (χ2n) is 3.54. The van der Waals surface area contributed by atoms with Crippen LogP contribution in [0.4, 0.5) is 0 Å². The second-order valence-corrected chi connectivity index (χ2v) is 3.54. The lowest BCUT2D eigenvalue weighted by molar-refractivity contribution is 0.0894. The van der Waals surface area contributed by atoms with Crippen LogP contribution in [0, 0.1) is 0 Å². The van der Waals surface area contributed by atoms with E-state index in [0.29, 0.717) is 12.1 Å². The zero-order valence-electron chi connectivity index (χ0n) is 10.0. The fourth-order valence-corrected chi connectivity index (χ4v) is 1.35. The van der Waals surface area contributed by atoms with Gasteiger partial charge in [-0.2, -0.15) is 0 Å². The van der Waals surface area contributed by atoms with E-state index in [2.05, 4.69) is 19.2 Å². The summed E-state index contributed by atoms with van der Waals surface area (Å²) in [5, 5.41) is 3.42. The summed E-state index contributed by atoms with van der Waals surface area (Å²) in [5.74, 6) is 0. The molecule has 2 atom stereocenters. The van der Waals surface area contributed by atoms with Crippen LogP contribution in [0.3, 0.4) is 0 Å². The Morgan fingerprint density at radius 2 is 1.93 bits per heavy atom. The van der Waals surface area contributed by atoms with Gasteiger partial charge in [-0.25, -0.2) is 0 Å². The lowest BCUT2D eigenvalue weighted by Gasteiger charge is -2.19. The van der Waals surface area contributed by atoms with Gasteiger partial charge in [-0.05, 0) is 33.2 Å². The monoisotopic (exact) mass is 203 g/mol. The molecule has 14 heavy (non-hydrogen) atoms. The summed E-state index contributed by atoms with van der Waals surface area (Å²) in [5.41, 5.74) is 0. The molecule has 0 saturated carbocycles. The van der Waals surface area contributed by atoms with Gasteiger partial charge in [-0.15, -0.1) is 0 Å². The third-order valence-corrected chi connectivity index (χ3v) is 2.34. The predicted molar refractivity (Wildman–Crippen MR) is 59.7 cm³/mol. The molecule has 0 heterocycles. The molecular weight excluding hydrogens is 178 g/mol. The van der Waals surface area contributed by atoms with Crippen molar-refractivity contribution in [2.75, 3.05) is 26.9 Å². The molecule has 0 saturated heterocycles. The molecule has 0 spiro atoms. The molecule has 0 rings (SSSR count). The van der Waals surface area contributed by atoms with Crippen molar-refractivity contribution in [3.8, 4) is 0 Å². The average Bonchev–Trinajstić information content (AvgIpc) is 2.21. The predicted octanol–water partition coefficient (Wildman–Crippen LogP) is 1.82. The quantitative estimate of drug-likeness (QED) is 0.620. The summed E-state index contributed by atoms with van der Waals surface area (Å²) >= 11 is 0. The molecule has 3 heteroatoms. The normalized spacial score (nSPS) is 15.4. The molecule has 0 aliphatic heterocycles. The number of nitrogens with one attached hydrogen (secondary N) is 1. The minimum absolute atomic E-state index is 0.345. The standard InChI is InChI=1S/C11H25NO2/c1-5-12-11(9-14-6-2)8-7-10(3)13-4/h10-12H,5-9H2,1-4H3. The molecule has 0 aromatic heterocycles. The molecule has 0 aliphatic rings. The maximum Gasteiger partial charge on any atom is 0.0619 e. The third-order valence-electron chi connectivity index (χ3n) is 2.34.